The highest BCUT2D eigenvalue weighted by atomic mass is 32.1. The van der Waals surface area contributed by atoms with Crippen molar-refractivity contribution in [3.8, 4) is 0 Å². The fourth-order valence-corrected chi connectivity index (χ4v) is 2.55. The highest BCUT2D eigenvalue weighted by Gasteiger charge is 2.27. The highest BCUT2D eigenvalue weighted by Crippen LogP contribution is 2.15. The van der Waals surface area contributed by atoms with Crippen LogP contribution in [-0.2, 0) is 16.0 Å². The number of hydrogen-bond acceptors (Lipinski definition) is 3. The van der Waals surface area contributed by atoms with Crippen molar-refractivity contribution < 1.29 is 9.53 Å². The number of carbonyl (C=O) groups excluding carboxylic acids is 1. The van der Waals surface area contributed by atoms with Gasteiger partial charge in [-0.05, 0) is 24.8 Å². The molecular formula is C16H22N2O2S. The summed E-state index contributed by atoms with van der Waals surface area (Å²) in [7, 11) is 0. The number of rotatable bonds is 7. The van der Waals surface area contributed by atoms with E-state index in [9.17, 15) is 4.79 Å². The molecule has 1 amide bonds. The van der Waals surface area contributed by atoms with Gasteiger partial charge in [-0.25, -0.2) is 0 Å². The van der Waals surface area contributed by atoms with Crippen LogP contribution in [0.1, 0.15) is 24.8 Å². The van der Waals surface area contributed by atoms with Crippen LogP contribution < -0.4 is 5.73 Å². The maximum atomic E-state index is 12.5. The van der Waals surface area contributed by atoms with Crippen LogP contribution >= 0.6 is 12.2 Å². The number of carbonyl (C=O) groups is 1. The second kappa shape index (κ2) is 8.10. The third kappa shape index (κ3) is 5.10. The molecule has 1 aliphatic heterocycles. The number of benzene rings is 1. The monoisotopic (exact) mass is 306 g/mol. The molecule has 21 heavy (non-hydrogen) atoms. The van der Waals surface area contributed by atoms with Crippen molar-refractivity contribution in [2.75, 3.05) is 19.7 Å². The molecule has 114 valence electrons. The molecule has 1 saturated heterocycles. The summed E-state index contributed by atoms with van der Waals surface area (Å²) in [6.45, 7) is 1.92. The smallest absolute Gasteiger partial charge is 0.251 e. The van der Waals surface area contributed by atoms with Crippen LogP contribution in [0.25, 0.3) is 0 Å². The lowest BCUT2D eigenvalue weighted by Crippen LogP contribution is -2.41. The maximum Gasteiger partial charge on any atom is 0.251 e. The summed E-state index contributed by atoms with van der Waals surface area (Å²) in [6.07, 6.45) is 2.87. The van der Waals surface area contributed by atoms with E-state index in [1.54, 1.807) is 0 Å². The minimum Gasteiger partial charge on any atom is -0.393 e. The van der Waals surface area contributed by atoms with E-state index in [1.165, 1.54) is 5.56 Å². The van der Waals surface area contributed by atoms with E-state index < -0.39 is 0 Å². The average molecular weight is 306 g/mol. The van der Waals surface area contributed by atoms with Crippen molar-refractivity contribution >= 4 is 23.1 Å². The summed E-state index contributed by atoms with van der Waals surface area (Å²) in [4.78, 5) is 14.8. The third-order valence-electron chi connectivity index (χ3n) is 3.66. The molecule has 1 heterocycles. The Morgan fingerprint density at radius 1 is 1.33 bits per heavy atom. The fourth-order valence-electron chi connectivity index (χ4n) is 2.46. The zero-order valence-corrected chi connectivity index (χ0v) is 13.0. The van der Waals surface area contributed by atoms with Gasteiger partial charge in [-0.2, -0.15) is 0 Å². The van der Waals surface area contributed by atoms with Gasteiger partial charge in [-0.15, -0.1) is 0 Å². The molecule has 0 aromatic heterocycles. The summed E-state index contributed by atoms with van der Waals surface area (Å²) in [6, 6.07) is 10.2. The second-order valence-electron chi connectivity index (χ2n) is 5.28. The van der Waals surface area contributed by atoms with Gasteiger partial charge in [0.1, 0.15) is 6.10 Å². The van der Waals surface area contributed by atoms with Crippen LogP contribution in [0.5, 0.6) is 0 Å². The minimum atomic E-state index is -0.285. The van der Waals surface area contributed by atoms with E-state index in [4.69, 9.17) is 22.7 Å². The van der Waals surface area contributed by atoms with E-state index in [2.05, 4.69) is 12.1 Å². The third-order valence-corrected chi connectivity index (χ3v) is 3.86. The Morgan fingerprint density at radius 3 is 2.71 bits per heavy atom. The zero-order valence-electron chi connectivity index (χ0n) is 12.2. The van der Waals surface area contributed by atoms with Gasteiger partial charge in [0, 0.05) is 26.1 Å². The van der Waals surface area contributed by atoms with E-state index in [1.807, 2.05) is 23.1 Å². The summed E-state index contributed by atoms with van der Waals surface area (Å²) >= 11 is 4.92. The van der Waals surface area contributed by atoms with Gasteiger partial charge < -0.3 is 15.4 Å². The van der Waals surface area contributed by atoms with Crippen LogP contribution in [-0.4, -0.2) is 41.6 Å². The van der Waals surface area contributed by atoms with Gasteiger partial charge in [0.05, 0.1) is 4.99 Å². The highest BCUT2D eigenvalue weighted by molar-refractivity contribution is 7.80. The Balaban J connectivity index is 1.93. The molecule has 1 fully saturated rings. The summed E-state index contributed by atoms with van der Waals surface area (Å²) in [5, 5.41) is 0. The fraction of sp³-hybridized carbons (Fsp3) is 0.500. The lowest BCUT2D eigenvalue weighted by molar-refractivity contribution is -0.140. The average Bonchev–Trinajstić information content (AvgIpc) is 3.02. The molecule has 0 aliphatic carbocycles. The molecule has 4 nitrogen and oxygen atoms in total. The van der Waals surface area contributed by atoms with Crippen molar-refractivity contribution in [1.29, 1.82) is 0 Å². The molecule has 1 atom stereocenters. The van der Waals surface area contributed by atoms with E-state index in [0.29, 0.717) is 31.1 Å². The predicted octanol–water partition coefficient (Wildman–Crippen LogP) is 1.91. The molecule has 1 aliphatic rings. The van der Waals surface area contributed by atoms with Gasteiger partial charge in [-0.3, -0.25) is 4.79 Å². The molecule has 1 aromatic rings. The number of amides is 1. The second-order valence-corrected chi connectivity index (χ2v) is 5.80. The molecule has 0 bridgehead atoms. The molecule has 1 unspecified atom stereocenters. The lowest BCUT2D eigenvalue weighted by Gasteiger charge is -2.25. The van der Waals surface area contributed by atoms with Gasteiger partial charge in [-0.1, -0.05) is 42.5 Å². The Hall–Kier alpha value is -1.46. The molecule has 0 spiro atoms. The minimum absolute atomic E-state index is 0.0691. The number of nitrogens with two attached hydrogens (primary N) is 1. The van der Waals surface area contributed by atoms with Crippen molar-refractivity contribution in [3.63, 3.8) is 0 Å². The number of hydrogen-bond donors (Lipinski definition) is 1. The first-order chi connectivity index (χ1) is 10.2. The molecule has 0 radical (unpaired) electrons. The topological polar surface area (TPSA) is 55.6 Å². The van der Waals surface area contributed by atoms with Crippen LogP contribution in [0.3, 0.4) is 0 Å². The quantitative estimate of drug-likeness (QED) is 0.782. The van der Waals surface area contributed by atoms with Gasteiger partial charge >= 0.3 is 0 Å². The first-order valence-electron chi connectivity index (χ1n) is 7.39. The number of ether oxygens (including phenoxy) is 1. The van der Waals surface area contributed by atoms with Crippen LogP contribution in [0, 0.1) is 0 Å². The van der Waals surface area contributed by atoms with Gasteiger partial charge in [0.2, 0.25) is 0 Å². The molecular weight excluding hydrogens is 284 g/mol. The first-order valence-corrected chi connectivity index (χ1v) is 7.80. The van der Waals surface area contributed by atoms with Gasteiger partial charge in [0.15, 0.2) is 0 Å². The normalized spacial score (nSPS) is 17.6. The lowest BCUT2D eigenvalue weighted by atomic mass is 10.1. The van der Waals surface area contributed by atoms with Crippen molar-refractivity contribution in [2.45, 2.75) is 31.8 Å². The van der Waals surface area contributed by atoms with Crippen LogP contribution in [0.2, 0.25) is 0 Å². The SMILES string of the molecule is NC(=S)CCN(CCc1ccccc1)C(=O)C1CCCO1. The standard InChI is InChI=1S/C16H22N2O2S/c17-15(21)9-11-18(16(19)14-7-4-12-20-14)10-8-13-5-2-1-3-6-13/h1-3,5-6,14H,4,7-12H2,(H2,17,21). The summed E-state index contributed by atoms with van der Waals surface area (Å²) < 4.78 is 5.50. The van der Waals surface area contributed by atoms with Crippen molar-refractivity contribution in [2.24, 2.45) is 5.73 Å². The van der Waals surface area contributed by atoms with E-state index in [0.717, 1.165) is 19.3 Å². The Morgan fingerprint density at radius 2 is 2.10 bits per heavy atom. The van der Waals surface area contributed by atoms with E-state index in [-0.39, 0.29) is 12.0 Å². The zero-order chi connectivity index (χ0) is 15.1. The first kappa shape index (κ1) is 15.9. The Bertz CT molecular complexity index is 472. The molecule has 1 aromatic carbocycles. The van der Waals surface area contributed by atoms with Crippen LogP contribution in [0.4, 0.5) is 0 Å². The largest absolute Gasteiger partial charge is 0.393 e. The molecule has 2 rings (SSSR count). The Kier molecular flexibility index (Phi) is 6.14. The van der Waals surface area contributed by atoms with Crippen molar-refractivity contribution in [3.05, 3.63) is 35.9 Å². The molecule has 0 saturated carbocycles. The molecule has 2 N–H and O–H groups in total. The predicted molar refractivity (Wildman–Crippen MR) is 87.1 cm³/mol. The van der Waals surface area contributed by atoms with E-state index >= 15 is 0 Å². The number of nitrogens with zero attached hydrogens (tertiary/aromatic N) is 1. The maximum absolute atomic E-state index is 12.5. The summed E-state index contributed by atoms with van der Waals surface area (Å²) in [5.41, 5.74) is 6.78. The molecule has 5 heteroatoms. The van der Waals surface area contributed by atoms with Crippen molar-refractivity contribution in [1.82, 2.24) is 4.90 Å². The number of thiocarbonyl (C=S) groups is 1. The van der Waals surface area contributed by atoms with Crippen LogP contribution in [0.15, 0.2) is 30.3 Å². The summed E-state index contributed by atoms with van der Waals surface area (Å²) in [5.74, 6) is 0.0691. The Labute approximate surface area is 131 Å². The van der Waals surface area contributed by atoms with Gasteiger partial charge in [0.25, 0.3) is 5.91 Å².